The van der Waals surface area contributed by atoms with Gasteiger partial charge in [0.25, 0.3) is 0 Å². The zero-order chi connectivity index (χ0) is 22.5. The maximum atomic E-state index is 12.6. The standard InChI is InChI=1S/C23H30BN3O5/c28-21(11-15-6-8-18(9-7-15)26-14-16-3-2-10-25-13-16)27-20-12-17-4-1-5-19(23(29)30)22(17)32-24(20)31/h1-5,10,13,15,18,20,23,26,29-31H,6-9,11-12,14H2,(H,27,28)/t15?,18?,20-/m0/s1. The van der Waals surface area contributed by atoms with Crippen molar-refractivity contribution in [2.24, 2.45) is 5.92 Å². The van der Waals surface area contributed by atoms with Crippen molar-refractivity contribution in [2.45, 2.75) is 63.3 Å². The van der Waals surface area contributed by atoms with Crippen molar-refractivity contribution in [3.8, 4) is 5.75 Å². The number of hydrogen-bond donors (Lipinski definition) is 5. The van der Waals surface area contributed by atoms with E-state index in [1.807, 2.05) is 12.3 Å². The van der Waals surface area contributed by atoms with Crippen LogP contribution in [0.4, 0.5) is 0 Å². The molecule has 0 bridgehead atoms. The van der Waals surface area contributed by atoms with Gasteiger partial charge in [-0.1, -0.05) is 24.3 Å². The molecule has 2 heterocycles. The van der Waals surface area contributed by atoms with Crippen molar-refractivity contribution in [2.75, 3.05) is 0 Å². The first-order valence-corrected chi connectivity index (χ1v) is 11.2. The highest BCUT2D eigenvalue weighted by Gasteiger charge is 2.37. The van der Waals surface area contributed by atoms with Crippen LogP contribution in [0.15, 0.2) is 42.7 Å². The number of amides is 1. The molecule has 4 rings (SSSR count). The van der Waals surface area contributed by atoms with Crippen LogP contribution in [0.2, 0.25) is 0 Å². The fraction of sp³-hybridized carbons (Fsp3) is 0.478. The van der Waals surface area contributed by atoms with E-state index in [0.29, 0.717) is 24.8 Å². The maximum Gasteiger partial charge on any atom is 0.547 e. The van der Waals surface area contributed by atoms with Crippen LogP contribution >= 0.6 is 0 Å². The number of nitrogens with zero attached hydrogens (tertiary/aromatic N) is 1. The third-order valence-electron chi connectivity index (χ3n) is 6.41. The first-order chi connectivity index (χ1) is 15.5. The number of para-hydroxylation sites is 1. The number of aliphatic hydroxyl groups excluding tert-OH is 1. The Labute approximate surface area is 188 Å². The molecule has 1 aromatic carbocycles. The van der Waals surface area contributed by atoms with Gasteiger partial charge in [0.2, 0.25) is 5.91 Å². The number of carbonyl (C=O) groups is 1. The Morgan fingerprint density at radius 3 is 2.72 bits per heavy atom. The predicted molar refractivity (Wildman–Crippen MR) is 119 cm³/mol. The number of nitrogens with one attached hydrogen (secondary N) is 2. The number of pyridine rings is 1. The molecule has 8 nitrogen and oxygen atoms in total. The number of aromatic nitrogens is 1. The average molecular weight is 439 g/mol. The van der Waals surface area contributed by atoms with Crippen LogP contribution in [0.3, 0.4) is 0 Å². The molecule has 5 N–H and O–H groups in total. The second kappa shape index (κ2) is 10.4. The number of benzene rings is 1. The summed E-state index contributed by atoms with van der Waals surface area (Å²) in [4.78, 5) is 16.8. The average Bonchev–Trinajstić information content (AvgIpc) is 2.79. The largest absolute Gasteiger partial charge is 0.547 e. The molecule has 1 aliphatic heterocycles. The van der Waals surface area contributed by atoms with Gasteiger partial charge in [0.15, 0.2) is 6.29 Å². The highest BCUT2D eigenvalue weighted by atomic mass is 16.5. The third-order valence-corrected chi connectivity index (χ3v) is 6.41. The fourth-order valence-electron chi connectivity index (χ4n) is 4.64. The van der Waals surface area contributed by atoms with Gasteiger partial charge < -0.3 is 30.5 Å². The molecule has 1 aliphatic carbocycles. The van der Waals surface area contributed by atoms with Crippen molar-refractivity contribution in [3.05, 3.63) is 59.4 Å². The summed E-state index contributed by atoms with van der Waals surface area (Å²) in [6, 6.07) is 9.49. The van der Waals surface area contributed by atoms with Crippen molar-refractivity contribution in [1.82, 2.24) is 15.6 Å². The van der Waals surface area contributed by atoms with E-state index < -0.39 is 19.3 Å². The van der Waals surface area contributed by atoms with Crippen molar-refractivity contribution in [1.29, 1.82) is 0 Å². The number of fused-ring (bicyclic) bond motifs is 1. The Bertz CT molecular complexity index is 906. The van der Waals surface area contributed by atoms with Crippen molar-refractivity contribution in [3.63, 3.8) is 0 Å². The summed E-state index contributed by atoms with van der Waals surface area (Å²) in [6.07, 6.45) is 6.81. The first-order valence-electron chi connectivity index (χ1n) is 11.2. The van der Waals surface area contributed by atoms with Crippen LogP contribution in [0, 0.1) is 5.92 Å². The third kappa shape index (κ3) is 5.66. The topological polar surface area (TPSA) is 124 Å². The Hall–Kier alpha value is -2.46. The fourth-order valence-corrected chi connectivity index (χ4v) is 4.64. The van der Waals surface area contributed by atoms with Crippen LogP contribution in [-0.2, 0) is 17.8 Å². The molecule has 0 spiro atoms. The first kappa shape index (κ1) is 22.7. The zero-order valence-electron chi connectivity index (χ0n) is 18.0. The molecule has 170 valence electrons. The smallest absolute Gasteiger partial charge is 0.534 e. The molecule has 0 unspecified atom stereocenters. The number of aliphatic hydroxyl groups is 2. The molecular formula is C23H30BN3O5. The lowest BCUT2D eigenvalue weighted by Crippen LogP contribution is -2.53. The Balaban J connectivity index is 1.23. The lowest BCUT2D eigenvalue weighted by Gasteiger charge is -2.31. The van der Waals surface area contributed by atoms with E-state index in [1.165, 1.54) is 11.6 Å². The number of rotatable bonds is 7. The summed E-state index contributed by atoms with van der Waals surface area (Å²) < 4.78 is 5.51. The summed E-state index contributed by atoms with van der Waals surface area (Å²) in [5.74, 6) is -0.0566. The van der Waals surface area contributed by atoms with Crippen molar-refractivity contribution < 1.29 is 24.7 Å². The van der Waals surface area contributed by atoms with Gasteiger partial charge in [0.1, 0.15) is 5.75 Å². The number of carbonyl (C=O) groups excluding carboxylic acids is 1. The molecule has 1 amide bonds. The van der Waals surface area contributed by atoms with E-state index in [0.717, 1.165) is 37.8 Å². The normalized spacial score (nSPS) is 22.9. The number of hydrogen-bond acceptors (Lipinski definition) is 7. The predicted octanol–water partition coefficient (Wildman–Crippen LogP) is 1.24. The molecule has 0 saturated heterocycles. The summed E-state index contributed by atoms with van der Waals surface area (Å²) in [6.45, 7) is 0.805. The van der Waals surface area contributed by atoms with Gasteiger partial charge in [0.05, 0.1) is 5.94 Å². The van der Waals surface area contributed by atoms with Gasteiger partial charge in [-0.2, -0.15) is 0 Å². The van der Waals surface area contributed by atoms with E-state index in [4.69, 9.17) is 4.65 Å². The summed E-state index contributed by atoms with van der Waals surface area (Å²) >= 11 is 0. The second-order valence-electron chi connectivity index (χ2n) is 8.76. The van der Waals surface area contributed by atoms with Gasteiger partial charge in [-0.15, -0.1) is 0 Å². The minimum absolute atomic E-state index is 0.0915. The summed E-state index contributed by atoms with van der Waals surface area (Å²) in [5, 5.41) is 35.8. The summed E-state index contributed by atoms with van der Waals surface area (Å²) in [5.41, 5.74) is 2.11. The van der Waals surface area contributed by atoms with Gasteiger partial charge in [-0.25, -0.2) is 0 Å². The molecule has 2 aliphatic rings. The molecule has 1 atom stereocenters. The highest BCUT2D eigenvalue weighted by molar-refractivity contribution is 6.46. The lowest BCUT2D eigenvalue weighted by molar-refractivity contribution is -0.122. The van der Waals surface area contributed by atoms with Crippen LogP contribution < -0.4 is 15.3 Å². The zero-order valence-corrected chi connectivity index (χ0v) is 18.0. The molecule has 1 saturated carbocycles. The molecule has 0 radical (unpaired) electrons. The van der Waals surface area contributed by atoms with E-state index in [-0.39, 0.29) is 17.2 Å². The SMILES string of the molecule is O=C(CC1CCC(NCc2cccnc2)CC1)N[C@H]1Cc2cccc(C(O)O)c2OB1O. The Kier molecular flexibility index (Phi) is 7.42. The van der Waals surface area contributed by atoms with Crippen LogP contribution in [0.25, 0.3) is 0 Å². The quantitative estimate of drug-likeness (QED) is 0.325. The summed E-state index contributed by atoms with van der Waals surface area (Å²) in [7, 11) is -1.24. The molecule has 1 fully saturated rings. The minimum Gasteiger partial charge on any atom is -0.534 e. The highest BCUT2D eigenvalue weighted by Crippen LogP contribution is 2.33. The second-order valence-corrected chi connectivity index (χ2v) is 8.76. The van der Waals surface area contributed by atoms with E-state index in [9.17, 15) is 20.0 Å². The van der Waals surface area contributed by atoms with Crippen LogP contribution in [0.5, 0.6) is 5.75 Å². The van der Waals surface area contributed by atoms with E-state index in [2.05, 4.69) is 21.7 Å². The van der Waals surface area contributed by atoms with Gasteiger partial charge >= 0.3 is 7.12 Å². The van der Waals surface area contributed by atoms with E-state index in [1.54, 1.807) is 18.3 Å². The van der Waals surface area contributed by atoms with Gasteiger partial charge in [-0.3, -0.25) is 9.78 Å². The molecule has 9 heteroatoms. The van der Waals surface area contributed by atoms with Crippen molar-refractivity contribution >= 4 is 13.0 Å². The lowest BCUT2D eigenvalue weighted by atomic mass is 9.72. The molecular weight excluding hydrogens is 409 g/mol. The molecule has 32 heavy (non-hydrogen) atoms. The van der Waals surface area contributed by atoms with Gasteiger partial charge in [-0.05, 0) is 55.2 Å². The Morgan fingerprint density at radius 2 is 2.00 bits per heavy atom. The van der Waals surface area contributed by atoms with Crippen LogP contribution in [-0.4, -0.2) is 45.2 Å². The molecule has 1 aromatic heterocycles. The van der Waals surface area contributed by atoms with Crippen LogP contribution in [0.1, 0.15) is 55.1 Å². The Morgan fingerprint density at radius 1 is 1.19 bits per heavy atom. The maximum absolute atomic E-state index is 12.6. The monoisotopic (exact) mass is 439 g/mol. The van der Waals surface area contributed by atoms with E-state index >= 15 is 0 Å². The minimum atomic E-state index is -1.68. The van der Waals surface area contributed by atoms with Gasteiger partial charge in [0, 0.05) is 37.0 Å². The molecule has 2 aromatic rings.